The highest BCUT2D eigenvalue weighted by molar-refractivity contribution is 5.92. The van der Waals surface area contributed by atoms with Crippen molar-refractivity contribution in [1.82, 2.24) is 15.1 Å². The number of halogens is 4. The number of benzene rings is 2. The van der Waals surface area contributed by atoms with Gasteiger partial charge in [-0.1, -0.05) is 24.3 Å². The standard InChI is InChI=1S/C19H15F4N3O3/c20-14-3-1-2-4-16(14)26-10-9-15(25-26)18(28)24-11-17(27)12-5-7-13(8-6-12)29-19(21,22)23/h1-10,17,27H,11H2,(H,24,28). The monoisotopic (exact) mass is 409 g/mol. The van der Waals surface area contributed by atoms with E-state index in [0.717, 1.165) is 12.1 Å². The summed E-state index contributed by atoms with van der Waals surface area (Å²) in [5, 5.41) is 16.6. The normalized spacial score (nSPS) is 12.4. The van der Waals surface area contributed by atoms with Crippen molar-refractivity contribution in [3.63, 3.8) is 0 Å². The van der Waals surface area contributed by atoms with E-state index in [9.17, 15) is 27.5 Å². The maximum Gasteiger partial charge on any atom is 0.573 e. The number of aliphatic hydroxyl groups is 1. The van der Waals surface area contributed by atoms with E-state index >= 15 is 0 Å². The number of carbonyl (C=O) groups excluding carboxylic acids is 1. The Morgan fingerprint density at radius 3 is 2.48 bits per heavy atom. The Morgan fingerprint density at radius 2 is 1.83 bits per heavy atom. The van der Waals surface area contributed by atoms with Crippen LogP contribution in [0.25, 0.3) is 5.69 Å². The van der Waals surface area contributed by atoms with Crippen LogP contribution in [0.3, 0.4) is 0 Å². The summed E-state index contributed by atoms with van der Waals surface area (Å²) >= 11 is 0. The summed E-state index contributed by atoms with van der Waals surface area (Å²) in [6, 6.07) is 11.9. The van der Waals surface area contributed by atoms with Crippen LogP contribution < -0.4 is 10.1 Å². The molecule has 6 nitrogen and oxygen atoms in total. The minimum Gasteiger partial charge on any atom is -0.406 e. The third-order valence-electron chi connectivity index (χ3n) is 3.88. The van der Waals surface area contributed by atoms with Crippen LogP contribution in [-0.4, -0.2) is 33.7 Å². The maximum absolute atomic E-state index is 13.8. The van der Waals surface area contributed by atoms with Crippen LogP contribution in [0.4, 0.5) is 17.6 Å². The van der Waals surface area contributed by atoms with Crippen molar-refractivity contribution >= 4 is 5.91 Å². The van der Waals surface area contributed by atoms with E-state index in [4.69, 9.17) is 0 Å². The molecule has 0 spiro atoms. The van der Waals surface area contributed by atoms with Gasteiger partial charge in [-0.05, 0) is 35.9 Å². The van der Waals surface area contributed by atoms with Crippen molar-refractivity contribution in [3.8, 4) is 11.4 Å². The van der Waals surface area contributed by atoms with Crippen LogP contribution in [0.15, 0.2) is 60.8 Å². The van der Waals surface area contributed by atoms with Gasteiger partial charge in [0, 0.05) is 12.7 Å². The first-order valence-corrected chi connectivity index (χ1v) is 8.35. The molecule has 0 aliphatic rings. The molecule has 0 fully saturated rings. The summed E-state index contributed by atoms with van der Waals surface area (Å²) in [7, 11) is 0. The van der Waals surface area contributed by atoms with Crippen LogP contribution in [0, 0.1) is 5.82 Å². The third-order valence-corrected chi connectivity index (χ3v) is 3.88. The first-order chi connectivity index (χ1) is 13.7. The van der Waals surface area contributed by atoms with Crippen molar-refractivity contribution < 1.29 is 32.2 Å². The Hall–Kier alpha value is -3.40. The summed E-state index contributed by atoms with van der Waals surface area (Å²) < 4.78 is 55.2. The van der Waals surface area contributed by atoms with Gasteiger partial charge in [0.05, 0.1) is 6.10 Å². The molecule has 29 heavy (non-hydrogen) atoms. The number of hydrogen-bond donors (Lipinski definition) is 2. The Bertz CT molecular complexity index is 987. The highest BCUT2D eigenvalue weighted by Gasteiger charge is 2.31. The number of nitrogens with one attached hydrogen (secondary N) is 1. The van der Waals surface area contributed by atoms with Gasteiger partial charge in [0.15, 0.2) is 5.69 Å². The van der Waals surface area contributed by atoms with E-state index in [1.165, 1.54) is 47.3 Å². The Balaban J connectivity index is 1.59. The second-order valence-corrected chi connectivity index (χ2v) is 5.94. The highest BCUT2D eigenvalue weighted by atomic mass is 19.4. The number of carbonyl (C=O) groups is 1. The summed E-state index contributed by atoms with van der Waals surface area (Å²) in [5.74, 6) is -1.52. The molecule has 1 unspecified atom stereocenters. The minimum atomic E-state index is -4.81. The van der Waals surface area contributed by atoms with Crippen molar-refractivity contribution in [2.45, 2.75) is 12.5 Å². The van der Waals surface area contributed by atoms with Crippen molar-refractivity contribution in [3.05, 3.63) is 77.9 Å². The molecule has 1 heterocycles. The van der Waals surface area contributed by atoms with Crippen LogP contribution in [-0.2, 0) is 0 Å². The first kappa shape index (κ1) is 20.3. The maximum atomic E-state index is 13.8. The van der Waals surface area contributed by atoms with Gasteiger partial charge in [0.2, 0.25) is 0 Å². The van der Waals surface area contributed by atoms with E-state index in [0.29, 0.717) is 0 Å². The fraction of sp³-hybridized carbons (Fsp3) is 0.158. The molecule has 10 heteroatoms. The Morgan fingerprint density at radius 1 is 1.14 bits per heavy atom. The fourth-order valence-corrected chi connectivity index (χ4v) is 2.51. The van der Waals surface area contributed by atoms with Crippen molar-refractivity contribution in [2.75, 3.05) is 6.54 Å². The largest absolute Gasteiger partial charge is 0.573 e. The molecular formula is C19H15F4N3O3. The molecule has 0 aliphatic heterocycles. The zero-order valence-electron chi connectivity index (χ0n) is 14.7. The van der Waals surface area contributed by atoms with Crippen LogP contribution in [0.5, 0.6) is 5.75 Å². The number of nitrogens with zero attached hydrogens (tertiary/aromatic N) is 2. The molecule has 3 aromatic rings. The van der Waals surface area contributed by atoms with Crippen molar-refractivity contribution in [1.29, 1.82) is 0 Å². The van der Waals surface area contributed by atoms with Crippen molar-refractivity contribution in [2.24, 2.45) is 0 Å². The van der Waals surface area contributed by atoms with Gasteiger partial charge in [-0.2, -0.15) is 5.10 Å². The van der Waals surface area contributed by atoms with Crippen LogP contribution in [0.1, 0.15) is 22.2 Å². The van der Waals surface area contributed by atoms with Gasteiger partial charge in [-0.25, -0.2) is 9.07 Å². The van der Waals surface area contributed by atoms with Gasteiger partial charge in [-0.3, -0.25) is 4.79 Å². The van der Waals surface area contributed by atoms with E-state index < -0.39 is 29.9 Å². The number of para-hydroxylation sites is 1. The molecule has 0 saturated heterocycles. The molecule has 3 rings (SSSR count). The van der Waals surface area contributed by atoms with E-state index in [2.05, 4.69) is 15.2 Å². The number of alkyl halides is 3. The van der Waals surface area contributed by atoms with Crippen LogP contribution >= 0.6 is 0 Å². The molecule has 0 radical (unpaired) electrons. The zero-order chi connectivity index (χ0) is 21.0. The third kappa shape index (κ3) is 5.32. The lowest BCUT2D eigenvalue weighted by Gasteiger charge is -2.13. The number of amides is 1. The van der Waals surface area contributed by atoms with E-state index in [-0.39, 0.29) is 23.5 Å². The second-order valence-electron chi connectivity index (χ2n) is 5.94. The lowest BCUT2D eigenvalue weighted by Crippen LogP contribution is -2.28. The molecule has 0 aliphatic carbocycles. The quantitative estimate of drug-likeness (QED) is 0.612. The van der Waals surface area contributed by atoms with Gasteiger partial charge in [-0.15, -0.1) is 13.2 Å². The molecule has 0 saturated carbocycles. The summed E-state index contributed by atoms with van der Waals surface area (Å²) in [4.78, 5) is 12.2. The van der Waals surface area contributed by atoms with Gasteiger partial charge in [0.1, 0.15) is 17.3 Å². The van der Waals surface area contributed by atoms with Gasteiger partial charge < -0.3 is 15.2 Å². The lowest BCUT2D eigenvalue weighted by molar-refractivity contribution is -0.274. The average molecular weight is 409 g/mol. The number of rotatable bonds is 6. The summed E-state index contributed by atoms with van der Waals surface area (Å²) in [5.41, 5.74) is 0.471. The predicted molar refractivity (Wildman–Crippen MR) is 93.9 cm³/mol. The molecule has 152 valence electrons. The number of aromatic nitrogens is 2. The topological polar surface area (TPSA) is 76.4 Å². The Labute approximate surface area is 162 Å². The lowest BCUT2D eigenvalue weighted by atomic mass is 10.1. The number of ether oxygens (including phenoxy) is 1. The zero-order valence-corrected chi connectivity index (χ0v) is 14.7. The number of hydrogen-bond acceptors (Lipinski definition) is 4. The number of aliphatic hydroxyl groups excluding tert-OH is 1. The minimum absolute atomic E-state index is 0.00868. The van der Waals surface area contributed by atoms with Gasteiger partial charge >= 0.3 is 6.36 Å². The predicted octanol–water partition coefficient (Wildman–Crippen LogP) is 3.37. The summed E-state index contributed by atoms with van der Waals surface area (Å²) in [6.45, 7) is -0.204. The van der Waals surface area contributed by atoms with E-state index in [1.807, 2.05) is 0 Å². The average Bonchev–Trinajstić information content (AvgIpc) is 3.15. The molecule has 2 aromatic carbocycles. The highest BCUT2D eigenvalue weighted by Crippen LogP contribution is 2.24. The van der Waals surface area contributed by atoms with Gasteiger partial charge in [0.25, 0.3) is 5.91 Å². The molecule has 1 amide bonds. The molecule has 1 aromatic heterocycles. The second kappa shape index (κ2) is 8.31. The molecular weight excluding hydrogens is 394 g/mol. The molecule has 0 bridgehead atoms. The first-order valence-electron chi connectivity index (χ1n) is 8.35. The smallest absolute Gasteiger partial charge is 0.406 e. The Kier molecular flexibility index (Phi) is 5.83. The molecule has 2 N–H and O–H groups in total. The van der Waals surface area contributed by atoms with E-state index in [1.54, 1.807) is 6.07 Å². The van der Waals surface area contributed by atoms with Crippen LogP contribution in [0.2, 0.25) is 0 Å². The summed E-state index contributed by atoms with van der Waals surface area (Å²) in [6.07, 6.45) is -4.55. The SMILES string of the molecule is O=C(NCC(O)c1ccc(OC(F)(F)F)cc1)c1ccn(-c2ccccc2F)n1. The fourth-order valence-electron chi connectivity index (χ4n) is 2.51. The molecule has 1 atom stereocenters.